The second-order valence-corrected chi connectivity index (χ2v) is 10.6. The summed E-state index contributed by atoms with van der Waals surface area (Å²) in [7, 11) is -3.60. The Morgan fingerprint density at radius 3 is 2.53 bits per heavy atom. The molecule has 1 saturated carbocycles. The number of hydrogen-bond donors (Lipinski definition) is 2. The third-order valence-corrected chi connectivity index (χ3v) is 8.34. The maximum atomic E-state index is 13.5. The number of carbonyl (C=O) groups is 1. The van der Waals surface area contributed by atoms with Gasteiger partial charge in [0.05, 0.1) is 16.8 Å². The number of fused-ring (bicyclic) bond motifs is 2. The molecule has 3 heterocycles. The molecule has 1 spiro atoms. The molecule has 2 aromatic carbocycles. The minimum atomic E-state index is -3.60. The largest absolute Gasteiger partial charge is 0.365 e. The van der Waals surface area contributed by atoms with Gasteiger partial charge in [-0.3, -0.25) is 9.78 Å². The Morgan fingerprint density at radius 2 is 1.75 bits per heavy atom. The lowest BCUT2D eigenvalue weighted by atomic mass is 9.96. The second kappa shape index (κ2) is 7.02. The molecule has 7 nitrogen and oxygen atoms in total. The van der Waals surface area contributed by atoms with E-state index in [0.717, 1.165) is 29.4 Å². The molecule has 164 valence electrons. The van der Waals surface area contributed by atoms with Crippen LogP contribution in [-0.4, -0.2) is 43.0 Å². The monoisotopic (exact) mass is 448 g/mol. The zero-order valence-electron chi connectivity index (χ0n) is 17.5. The number of aromatic nitrogens is 1. The molecule has 32 heavy (non-hydrogen) atoms. The topological polar surface area (TPSA) is 91.4 Å². The molecular formula is C24H24N4O3S. The standard InChI is InChI=1S/C24H24N4O3S/c29-23(18-15-21(16-9-10-16)25-19-6-2-1-5-17(18)19)28-13-11-24(12-14-28)26-20-7-3-4-8-22(20)32(30,31)27-24/h1-8,15-16,26-27H,9-14H2. The van der Waals surface area contributed by atoms with Crippen molar-refractivity contribution in [3.8, 4) is 0 Å². The summed E-state index contributed by atoms with van der Waals surface area (Å²) in [6.07, 6.45) is 3.23. The van der Waals surface area contributed by atoms with Gasteiger partial charge in [0.2, 0.25) is 10.0 Å². The number of anilines is 1. The lowest BCUT2D eigenvalue weighted by molar-refractivity contribution is 0.0677. The summed E-state index contributed by atoms with van der Waals surface area (Å²) in [4.78, 5) is 20.4. The van der Waals surface area contributed by atoms with Crippen LogP contribution < -0.4 is 10.0 Å². The fourth-order valence-corrected chi connectivity index (χ4v) is 6.40. The van der Waals surface area contributed by atoms with E-state index in [2.05, 4.69) is 10.0 Å². The molecule has 0 atom stereocenters. The summed E-state index contributed by atoms with van der Waals surface area (Å²) >= 11 is 0. The van der Waals surface area contributed by atoms with Crippen LogP contribution in [-0.2, 0) is 10.0 Å². The predicted octanol–water partition coefficient (Wildman–Crippen LogP) is 3.45. The van der Waals surface area contributed by atoms with Gasteiger partial charge in [-0.05, 0) is 37.1 Å². The number of para-hydroxylation sites is 2. The zero-order chi connectivity index (χ0) is 21.9. The molecule has 2 N–H and O–H groups in total. The van der Waals surface area contributed by atoms with Crippen LogP contribution >= 0.6 is 0 Å². The lowest BCUT2D eigenvalue weighted by Crippen LogP contribution is -2.62. The number of piperidine rings is 1. The van der Waals surface area contributed by atoms with Crippen LogP contribution in [0, 0.1) is 0 Å². The highest BCUT2D eigenvalue weighted by atomic mass is 32.2. The quantitative estimate of drug-likeness (QED) is 0.627. The number of sulfonamides is 1. The molecule has 0 radical (unpaired) electrons. The molecule has 3 aromatic rings. The molecule has 2 fully saturated rings. The first-order chi connectivity index (χ1) is 15.4. The summed E-state index contributed by atoms with van der Waals surface area (Å²) in [6, 6.07) is 16.7. The van der Waals surface area contributed by atoms with Crippen molar-refractivity contribution in [3.63, 3.8) is 0 Å². The van der Waals surface area contributed by atoms with Crippen molar-refractivity contribution >= 4 is 32.5 Å². The first-order valence-corrected chi connectivity index (χ1v) is 12.5. The summed E-state index contributed by atoms with van der Waals surface area (Å²) in [5.74, 6) is 0.441. The SMILES string of the molecule is O=C(c1cc(C2CC2)nc2ccccc12)N1CCC2(CC1)Nc1ccccc1S(=O)(=O)N2. The van der Waals surface area contributed by atoms with Crippen molar-refractivity contribution in [3.05, 3.63) is 65.9 Å². The molecule has 1 amide bonds. The van der Waals surface area contributed by atoms with Crippen molar-refractivity contribution in [2.45, 2.75) is 42.2 Å². The van der Waals surface area contributed by atoms with Crippen molar-refractivity contribution in [2.24, 2.45) is 0 Å². The Labute approximate surface area is 186 Å². The van der Waals surface area contributed by atoms with E-state index in [4.69, 9.17) is 4.98 Å². The van der Waals surface area contributed by atoms with Crippen LogP contribution in [0.15, 0.2) is 59.5 Å². The van der Waals surface area contributed by atoms with Crippen molar-refractivity contribution < 1.29 is 13.2 Å². The van der Waals surface area contributed by atoms with E-state index in [1.165, 1.54) is 0 Å². The van der Waals surface area contributed by atoms with Gasteiger partial charge in [0.25, 0.3) is 5.91 Å². The Hall–Kier alpha value is -2.97. The van der Waals surface area contributed by atoms with Gasteiger partial charge in [-0.25, -0.2) is 8.42 Å². The summed E-state index contributed by atoms with van der Waals surface area (Å²) in [5, 5.41) is 4.26. The van der Waals surface area contributed by atoms with Crippen LogP contribution in [0.4, 0.5) is 5.69 Å². The number of amides is 1. The fourth-order valence-electron chi connectivity index (χ4n) is 4.85. The van der Waals surface area contributed by atoms with Gasteiger partial charge in [-0.15, -0.1) is 0 Å². The average molecular weight is 449 g/mol. The van der Waals surface area contributed by atoms with Gasteiger partial charge in [-0.1, -0.05) is 30.3 Å². The van der Waals surface area contributed by atoms with Gasteiger partial charge < -0.3 is 10.2 Å². The normalized spacial score (nSPS) is 21.2. The van der Waals surface area contributed by atoms with E-state index in [0.29, 0.717) is 43.1 Å². The van der Waals surface area contributed by atoms with Crippen LogP contribution in [0.2, 0.25) is 0 Å². The first-order valence-electron chi connectivity index (χ1n) is 11.0. The predicted molar refractivity (Wildman–Crippen MR) is 122 cm³/mol. The number of hydrogen-bond acceptors (Lipinski definition) is 5. The van der Waals surface area contributed by atoms with Crippen molar-refractivity contribution in [2.75, 3.05) is 18.4 Å². The van der Waals surface area contributed by atoms with E-state index in [-0.39, 0.29) is 10.8 Å². The molecule has 1 saturated heterocycles. The lowest BCUT2D eigenvalue weighted by Gasteiger charge is -2.45. The molecule has 1 aliphatic carbocycles. The van der Waals surface area contributed by atoms with Crippen molar-refractivity contribution in [1.82, 2.24) is 14.6 Å². The van der Waals surface area contributed by atoms with E-state index in [1.54, 1.807) is 18.2 Å². The van der Waals surface area contributed by atoms with Crippen LogP contribution in [0.1, 0.15) is 47.7 Å². The summed E-state index contributed by atoms with van der Waals surface area (Å²) < 4.78 is 28.4. The number of carbonyl (C=O) groups excluding carboxylic acids is 1. The van der Waals surface area contributed by atoms with Gasteiger partial charge in [0.1, 0.15) is 10.6 Å². The van der Waals surface area contributed by atoms with Crippen LogP contribution in [0.3, 0.4) is 0 Å². The number of nitrogens with zero attached hydrogens (tertiary/aromatic N) is 2. The van der Waals surface area contributed by atoms with E-state index in [1.807, 2.05) is 41.3 Å². The molecule has 2 aliphatic heterocycles. The van der Waals surface area contributed by atoms with E-state index < -0.39 is 15.7 Å². The molecule has 0 bridgehead atoms. The molecule has 3 aliphatic rings. The minimum Gasteiger partial charge on any atom is -0.365 e. The number of pyridine rings is 1. The van der Waals surface area contributed by atoms with Gasteiger partial charge in [0, 0.05) is 42.9 Å². The summed E-state index contributed by atoms with van der Waals surface area (Å²) in [6.45, 7) is 0.928. The molecule has 1 aromatic heterocycles. The zero-order valence-corrected chi connectivity index (χ0v) is 18.4. The first kappa shape index (κ1) is 19.7. The Kier molecular flexibility index (Phi) is 4.32. The Bertz CT molecular complexity index is 1340. The molecule has 6 rings (SSSR count). The van der Waals surface area contributed by atoms with Crippen LogP contribution in [0.5, 0.6) is 0 Å². The average Bonchev–Trinajstić information content (AvgIpc) is 3.63. The third kappa shape index (κ3) is 3.25. The molecule has 0 unspecified atom stereocenters. The second-order valence-electron chi connectivity index (χ2n) is 8.99. The number of rotatable bonds is 2. The highest BCUT2D eigenvalue weighted by Crippen LogP contribution is 2.40. The maximum absolute atomic E-state index is 13.5. The smallest absolute Gasteiger partial charge is 0.254 e. The number of nitrogens with one attached hydrogen (secondary N) is 2. The fraction of sp³-hybridized carbons (Fsp3) is 0.333. The van der Waals surface area contributed by atoms with Gasteiger partial charge in [-0.2, -0.15) is 4.72 Å². The highest BCUT2D eigenvalue weighted by Gasteiger charge is 2.44. The molecule has 8 heteroatoms. The number of benzene rings is 2. The van der Waals surface area contributed by atoms with Gasteiger partial charge in [0.15, 0.2) is 0 Å². The van der Waals surface area contributed by atoms with Gasteiger partial charge >= 0.3 is 0 Å². The van der Waals surface area contributed by atoms with Crippen molar-refractivity contribution in [1.29, 1.82) is 0 Å². The van der Waals surface area contributed by atoms with E-state index in [9.17, 15) is 13.2 Å². The molecular weight excluding hydrogens is 424 g/mol. The van der Waals surface area contributed by atoms with E-state index >= 15 is 0 Å². The summed E-state index contributed by atoms with van der Waals surface area (Å²) in [5.41, 5.74) is 2.38. The maximum Gasteiger partial charge on any atom is 0.254 e. The Morgan fingerprint density at radius 1 is 1.03 bits per heavy atom. The van der Waals surface area contributed by atoms with Crippen LogP contribution in [0.25, 0.3) is 10.9 Å². The Balaban J connectivity index is 1.27. The minimum absolute atomic E-state index is 0.0144. The third-order valence-electron chi connectivity index (χ3n) is 6.75. The number of likely N-dealkylation sites (tertiary alicyclic amines) is 1. The highest BCUT2D eigenvalue weighted by molar-refractivity contribution is 7.89.